The summed E-state index contributed by atoms with van der Waals surface area (Å²) in [5, 5.41) is -0.771. The highest BCUT2D eigenvalue weighted by molar-refractivity contribution is 7.92. The maximum absolute atomic E-state index is 12.5. The summed E-state index contributed by atoms with van der Waals surface area (Å²) in [6.45, 7) is 0. The normalized spacial score (nSPS) is 25.7. The molecular formula is C14H18N4O2S. The number of nitrogens with two attached hydrogens (primary N) is 2. The van der Waals surface area contributed by atoms with Crippen molar-refractivity contribution in [2.45, 2.75) is 24.3 Å². The van der Waals surface area contributed by atoms with Gasteiger partial charge in [0, 0.05) is 12.4 Å². The van der Waals surface area contributed by atoms with Crippen LogP contribution >= 0.6 is 0 Å². The van der Waals surface area contributed by atoms with Crippen molar-refractivity contribution in [3.63, 3.8) is 0 Å². The van der Waals surface area contributed by atoms with E-state index in [1.807, 2.05) is 0 Å². The Kier molecular flexibility index (Phi) is 3.54. The highest BCUT2D eigenvalue weighted by Gasteiger charge is 2.36. The molecule has 0 spiro atoms. The van der Waals surface area contributed by atoms with Crippen LogP contribution in [-0.2, 0) is 9.84 Å². The van der Waals surface area contributed by atoms with Crippen LogP contribution in [0.4, 0.5) is 5.82 Å². The summed E-state index contributed by atoms with van der Waals surface area (Å²) in [4.78, 5) is 8.06. The minimum atomic E-state index is -3.28. The zero-order valence-corrected chi connectivity index (χ0v) is 12.3. The Labute approximate surface area is 123 Å². The Morgan fingerprint density at radius 3 is 2.76 bits per heavy atom. The van der Waals surface area contributed by atoms with Crippen molar-refractivity contribution in [2.24, 2.45) is 16.6 Å². The first kappa shape index (κ1) is 14.2. The fraction of sp³-hybridized carbons (Fsp3) is 0.429. The van der Waals surface area contributed by atoms with E-state index in [4.69, 9.17) is 11.5 Å². The van der Waals surface area contributed by atoms with Crippen molar-refractivity contribution in [1.29, 1.82) is 0 Å². The van der Waals surface area contributed by atoms with Gasteiger partial charge in [0.1, 0.15) is 17.2 Å². The molecule has 4 N–H and O–H groups in total. The van der Waals surface area contributed by atoms with Gasteiger partial charge in [-0.1, -0.05) is 6.08 Å². The third kappa shape index (κ3) is 3.14. The van der Waals surface area contributed by atoms with Crippen LogP contribution < -0.4 is 11.5 Å². The number of anilines is 1. The minimum Gasteiger partial charge on any atom is -0.384 e. The summed E-state index contributed by atoms with van der Waals surface area (Å²) in [6.07, 6.45) is 6.11. The molecule has 7 heteroatoms. The van der Waals surface area contributed by atoms with Crippen molar-refractivity contribution in [1.82, 2.24) is 4.98 Å². The van der Waals surface area contributed by atoms with E-state index in [0.29, 0.717) is 11.7 Å². The first-order valence-corrected chi connectivity index (χ1v) is 8.61. The second kappa shape index (κ2) is 5.23. The number of rotatable bonds is 4. The molecular weight excluding hydrogens is 288 g/mol. The summed E-state index contributed by atoms with van der Waals surface area (Å²) in [6, 6.07) is 3.47. The van der Waals surface area contributed by atoms with Gasteiger partial charge in [-0.25, -0.2) is 13.4 Å². The number of sulfone groups is 1. The van der Waals surface area contributed by atoms with Crippen LogP contribution in [0.3, 0.4) is 0 Å². The Bertz CT molecular complexity index is 707. The first-order valence-electron chi connectivity index (χ1n) is 6.90. The van der Waals surface area contributed by atoms with E-state index < -0.39 is 21.3 Å². The van der Waals surface area contributed by atoms with Crippen LogP contribution in [0.5, 0.6) is 0 Å². The van der Waals surface area contributed by atoms with Gasteiger partial charge in [-0.2, -0.15) is 0 Å². The van der Waals surface area contributed by atoms with Gasteiger partial charge in [0.05, 0.1) is 5.75 Å². The Morgan fingerprint density at radius 1 is 1.33 bits per heavy atom. The third-order valence-corrected chi connectivity index (χ3v) is 5.94. The van der Waals surface area contributed by atoms with Crippen molar-refractivity contribution < 1.29 is 8.42 Å². The zero-order valence-electron chi connectivity index (χ0n) is 11.5. The van der Waals surface area contributed by atoms with Gasteiger partial charge in [0.25, 0.3) is 0 Å². The maximum Gasteiger partial charge on any atom is 0.160 e. The summed E-state index contributed by atoms with van der Waals surface area (Å²) in [7, 11) is -3.28. The van der Waals surface area contributed by atoms with Gasteiger partial charge in [0.2, 0.25) is 0 Å². The molecule has 2 heterocycles. The summed E-state index contributed by atoms with van der Waals surface area (Å²) in [5.74, 6) is 0.874. The fourth-order valence-corrected chi connectivity index (χ4v) is 4.47. The molecule has 0 amide bonds. The molecule has 1 aromatic rings. The summed E-state index contributed by atoms with van der Waals surface area (Å²) < 4.78 is 24.9. The Hall–Kier alpha value is -1.73. The molecule has 0 aromatic carbocycles. The molecule has 21 heavy (non-hydrogen) atoms. The topological polar surface area (TPSA) is 111 Å². The maximum atomic E-state index is 12.5. The van der Waals surface area contributed by atoms with Crippen LogP contribution in [0.25, 0.3) is 5.57 Å². The van der Waals surface area contributed by atoms with E-state index in [1.54, 1.807) is 30.6 Å². The van der Waals surface area contributed by atoms with E-state index >= 15 is 0 Å². The second-order valence-corrected chi connectivity index (χ2v) is 7.80. The lowest BCUT2D eigenvalue weighted by molar-refractivity contribution is 0.570. The lowest BCUT2D eigenvalue weighted by Gasteiger charge is -2.22. The molecule has 2 unspecified atom stereocenters. The van der Waals surface area contributed by atoms with Crippen LogP contribution in [0.15, 0.2) is 29.4 Å². The van der Waals surface area contributed by atoms with E-state index in [9.17, 15) is 8.42 Å². The average Bonchev–Trinajstić information content (AvgIpc) is 3.22. The minimum absolute atomic E-state index is 0.198. The third-order valence-electron chi connectivity index (χ3n) is 3.76. The molecule has 2 aliphatic rings. The molecule has 0 bridgehead atoms. The van der Waals surface area contributed by atoms with E-state index in [0.717, 1.165) is 24.0 Å². The number of allylic oxidation sites excluding steroid dienone is 1. The van der Waals surface area contributed by atoms with Gasteiger partial charge in [-0.15, -0.1) is 0 Å². The van der Waals surface area contributed by atoms with Crippen LogP contribution in [-0.4, -0.2) is 36.8 Å². The molecule has 0 saturated heterocycles. The molecule has 1 aliphatic carbocycles. The predicted molar refractivity (Wildman–Crippen MR) is 83.4 cm³/mol. The molecule has 3 rings (SSSR count). The van der Waals surface area contributed by atoms with Gasteiger partial charge < -0.3 is 11.5 Å². The lowest BCUT2D eigenvalue weighted by atomic mass is 10.0. The average molecular weight is 306 g/mol. The summed E-state index contributed by atoms with van der Waals surface area (Å²) in [5.41, 5.74) is 13.0. The van der Waals surface area contributed by atoms with E-state index in [1.165, 1.54) is 0 Å². The van der Waals surface area contributed by atoms with Gasteiger partial charge in [-0.3, -0.25) is 4.99 Å². The number of aromatic nitrogens is 1. The molecule has 1 aromatic heterocycles. The highest BCUT2D eigenvalue weighted by Crippen LogP contribution is 2.33. The van der Waals surface area contributed by atoms with Crippen molar-refractivity contribution in [3.8, 4) is 0 Å². The van der Waals surface area contributed by atoms with Crippen molar-refractivity contribution in [3.05, 3.63) is 30.0 Å². The van der Waals surface area contributed by atoms with Gasteiger partial charge in [-0.05, 0) is 42.0 Å². The summed E-state index contributed by atoms with van der Waals surface area (Å²) >= 11 is 0. The first-order chi connectivity index (χ1) is 9.95. The molecule has 112 valence electrons. The quantitative estimate of drug-likeness (QED) is 0.846. The standard InChI is InChI=1S/C14H18N4O2S/c15-13-6-10(3-4-17-13)11-5-12(14(16)18-7-11)21(19,20)8-9-1-2-9/h3-7,9,12,14H,1-2,8,16H2,(H2,15,17). The number of pyridine rings is 1. The van der Waals surface area contributed by atoms with Crippen LogP contribution in [0, 0.1) is 5.92 Å². The van der Waals surface area contributed by atoms with Crippen LogP contribution in [0.1, 0.15) is 18.4 Å². The number of dihydropyridines is 1. The zero-order chi connectivity index (χ0) is 15.0. The number of hydrogen-bond acceptors (Lipinski definition) is 6. The Morgan fingerprint density at radius 2 is 2.10 bits per heavy atom. The molecule has 2 atom stereocenters. The molecule has 1 saturated carbocycles. The SMILES string of the molecule is Nc1cc(C2=CC(S(=O)(=O)CC3CC3)C(N)N=C2)ccn1. The highest BCUT2D eigenvalue weighted by atomic mass is 32.2. The van der Waals surface area contributed by atoms with Crippen LogP contribution in [0.2, 0.25) is 0 Å². The van der Waals surface area contributed by atoms with Gasteiger partial charge >= 0.3 is 0 Å². The molecule has 1 fully saturated rings. The monoisotopic (exact) mass is 306 g/mol. The number of nitrogen functional groups attached to an aromatic ring is 1. The largest absolute Gasteiger partial charge is 0.384 e. The predicted octanol–water partition coefficient (Wildman–Crippen LogP) is 0.610. The van der Waals surface area contributed by atoms with Crippen molar-refractivity contribution in [2.75, 3.05) is 11.5 Å². The van der Waals surface area contributed by atoms with Gasteiger partial charge in [0.15, 0.2) is 9.84 Å². The fourth-order valence-electron chi connectivity index (χ4n) is 2.41. The smallest absolute Gasteiger partial charge is 0.160 e. The van der Waals surface area contributed by atoms with E-state index in [2.05, 4.69) is 9.98 Å². The number of nitrogens with zero attached hydrogens (tertiary/aromatic N) is 2. The van der Waals surface area contributed by atoms with Crippen molar-refractivity contribution >= 4 is 27.4 Å². The lowest BCUT2D eigenvalue weighted by Crippen LogP contribution is -2.41. The molecule has 0 radical (unpaired) electrons. The molecule has 1 aliphatic heterocycles. The Balaban J connectivity index is 1.92. The van der Waals surface area contributed by atoms with E-state index in [-0.39, 0.29) is 5.75 Å². The number of aliphatic imine (C=N–C) groups is 1. The molecule has 6 nitrogen and oxygen atoms in total. The second-order valence-electron chi connectivity index (χ2n) is 5.60. The number of hydrogen-bond donors (Lipinski definition) is 2.